The minimum absolute atomic E-state index is 0.0164. The Labute approximate surface area is 408 Å². The second-order valence-electron chi connectivity index (χ2n) is 25.2. The van der Waals surface area contributed by atoms with Crippen LogP contribution in [0.2, 0.25) is 0 Å². The monoisotopic (exact) mass is 892 g/mol. The highest BCUT2D eigenvalue weighted by Crippen LogP contribution is 2.66. The van der Waals surface area contributed by atoms with Crippen LogP contribution < -0.4 is 31.1 Å². The molecule has 0 aromatic heterocycles. The summed E-state index contributed by atoms with van der Waals surface area (Å²) in [6.07, 6.45) is 2.31. The van der Waals surface area contributed by atoms with Gasteiger partial charge in [-0.3, -0.25) is 0 Å². The van der Waals surface area contributed by atoms with Gasteiger partial charge in [0.15, 0.2) is 0 Å². The normalized spacial score (nSPS) is 19.5. The molecule has 4 heteroatoms. The first-order chi connectivity index (χ1) is 32.0. The van der Waals surface area contributed by atoms with Crippen LogP contribution in [0.3, 0.4) is 0 Å². The first-order valence-electron chi connectivity index (χ1n) is 25.3. The lowest BCUT2D eigenvalue weighted by Gasteiger charge is -2.56. The van der Waals surface area contributed by atoms with E-state index < -0.39 is 0 Å². The molecule has 2 atom stereocenters. The average molecular weight is 892 g/mol. The van der Waals surface area contributed by atoms with Gasteiger partial charge in [0.05, 0.1) is 11.2 Å². The summed E-state index contributed by atoms with van der Waals surface area (Å²) in [6.45, 7) is 33.1. The van der Waals surface area contributed by atoms with Gasteiger partial charge in [-0.2, -0.15) is 0 Å². The molecule has 1 fully saturated rings. The van der Waals surface area contributed by atoms with E-state index in [4.69, 9.17) is 0 Å². The molecule has 3 nitrogen and oxygen atoms in total. The second kappa shape index (κ2) is 14.8. The number of benzene rings is 7. The maximum atomic E-state index is 2.77. The van der Waals surface area contributed by atoms with E-state index in [1.807, 2.05) is 0 Å². The Morgan fingerprint density at radius 3 is 1.53 bits per heavy atom. The summed E-state index contributed by atoms with van der Waals surface area (Å²) >= 11 is 0. The van der Waals surface area contributed by atoms with Crippen molar-refractivity contribution in [3.05, 3.63) is 173 Å². The summed E-state index contributed by atoms with van der Waals surface area (Å²) in [7, 11) is 0. The lowest BCUT2D eigenvalue weighted by molar-refractivity contribution is 0.133. The molecule has 0 spiro atoms. The molecule has 344 valence electrons. The van der Waals surface area contributed by atoms with Crippen LogP contribution in [0, 0.1) is 0 Å². The van der Waals surface area contributed by atoms with Crippen LogP contribution in [-0.2, 0) is 27.1 Å². The number of rotatable bonds is 4. The summed E-state index contributed by atoms with van der Waals surface area (Å²) in [4.78, 5) is 8.02. The van der Waals surface area contributed by atoms with E-state index in [1.165, 1.54) is 107 Å². The highest BCUT2D eigenvalue weighted by Gasteiger charge is 2.63. The second-order valence-corrected chi connectivity index (χ2v) is 25.2. The van der Waals surface area contributed by atoms with Crippen molar-refractivity contribution in [2.45, 2.75) is 142 Å². The van der Waals surface area contributed by atoms with Crippen molar-refractivity contribution in [3.8, 4) is 11.1 Å². The number of para-hydroxylation sites is 1. The first-order valence-corrected chi connectivity index (χ1v) is 25.3. The van der Waals surface area contributed by atoms with Crippen molar-refractivity contribution < 1.29 is 0 Å². The van der Waals surface area contributed by atoms with E-state index in [1.54, 1.807) is 0 Å². The Morgan fingerprint density at radius 2 is 0.926 bits per heavy atom. The third-order valence-electron chi connectivity index (χ3n) is 16.8. The van der Waals surface area contributed by atoms with Gasteiger partial charge in [0.2, 0.25) is 0 Å². The van der Waals surface area contributed by atoms with E-state index in [-0.39, 0.29) is 39.3 Å². The molecule has 11 rings (SSSR count). The zero-order valence-electron chi connectivity index (χ0n) is 43.2. The summed E-state index contributed by atoms with van der Waals surface area (Å²) in [6, 6.07) is 57.0. The Kier molecular flexibility index (Phi) is 9.66. The number of fused-ring (bicyclic) bond motifs is 7. The maximum Gasteiger partial charge on any atom is 0.252 e. The van der Waals surface area contributed by atoms with Crippen LogP contribution in [0.1, 0.15) is 138 Å². The lowest BCUT2D eigenvalue weighted by Crippen LogP contribution is -2.62. The molecule has 7 aromatic carbocycles. The van der Waals surface area contributed by atoms with Crippen molar-refractivity contribution in [1.82, 2.24) is 0 Å². The third-order valence-corrected chi connectivity index (χ3v) is 16.8. The van der Waals surface area contributed by atoms with E-state index in [0.717, 1.165) is 6.42 Å². The molecule has 68 heavy (non-hydrogen) atoms. The standard InChI is InChI=1S/C64H70BN3/c1-59(2,3)42-24-29-46(30-25-42)66-55-33-28-45(62(10,11)12)38-51(55)65-50-22-18-19-23-54(50)67(52-31-26-43(60(4,5)6)36-48(52)41-20-16-15-17-21-41)57-40-47(39-56(66)58(57)65)68-53-32-27-44(61(7,8)9)37-49(53)63(13)34-35-64(63,68)14/h15-33,36-40H,34-35H2,1-14H3. The Bertz CT molecular complexity index is 3150. The van der Waals surface area contributed by atoms with Gasteiger partial charge in [0, 0.05) is 50.8 Å². The fourth-order valence-corrected chi connectivity index (χ4v) is 12.2. The van der Waals surface area contributed by atoms with E-state index in [9.17, 15) is 0 Å². The highest BCUT2D eigenvalue weighted by molar-refractivity contribution is 7.00. The molecule has 0 bridgehead atoms. The predicted octanol–water partition coefficient (Wildman–Crippen LogP) is 15.6. The molecule has 0 radical (unpaired) electrons. The van der Waals surface area contributed by atoms with Crippen molar-refractivity contribution in [2.75, 3.05) is 14.7 Å². The molecular weight excluding hydrogens is 822 g/mol. The molecule has 2 unspecified atom stereocenters. The van der Waals surface area contributed by atoms with Crippen LogP contribution in [0.25, 0.3) is 11.1 Å². The summed E-state index contributed by atoms with van der Waals surface area (Å²) in [5, 5.41) is 0. The van der Waals surface area contributed by atoms with Crippen molar-refractivity contribution in [1.29, 1.82) is 0 Å². The number of anilines is 8. The van der Waals surface area contributed by atoms with Crippen molar-refractivity contribution >= 4 is 68.6 Å². The van der Waals surface area contributed by atoms with Crippen LogP contribution in [0.5, 0.6) is 0 Å². The van der Waals surface area contributed by atoms with Gasteiger partial charge in [-0.1, -0.05) is 181 Å². The molecular formula is C64H70BN3. The van der Waals surface area contributed by atoms with Crippen LogP contribution in [-0.4, -0.2) is 12.3 Å². The topological polar surface area (TPSA) is 9.72 Å². The van der Waals surface area contributed by atoms with Crippen LogP contribution in [0.4, 0.5) is 45.5 Å². The van der Waals surface area contributed by atoms with E-state index in [0.29, 0.717) is 0 Å². The van der Waals surface area contributed by atoms with Crippen molar-refractivity contribution in [3.63, 3.8) is 0 Å². The smallest absolute Gasteiger partial charge is 0.252 e. The van der Waals surface area contributed by atoms with Gasteiger partial charge in [0.1, 0.15) is 0 Å². The minimum Gasteiger partial charge on any atom is -0.334 e. The molecule has 3 heterocycles. The van der Waals surface area contributed by atoms with Crippen LogP contribution in [0.15, 0.2) is 146 Å². The zero-order valence-corrected chi connectivity index (χ0v) is 43.2. The van der Waals surface area contributed by atoms with Gasteiger partial charge in [-0.15, -0.1) is 0 Å². The fraction of sp³-hybridized carbons (Fsp3) is 0.344. The third kappa shape index (κ3) is 6.59. The molecule has 0 amide bonds. The van der Waals surface area contributed by atoms with Crippen molar-refractivity contribution in [2.24, 2.45) is 0 Å². The Morgan fingerprint density at radius 1 is 0.412 bits per heavy atom. The molecule has 3 aliphatic heterocycles. The highest BCUT2D eigenvalue weighted by atomic mass is 15.3. The summed E-state index contributed by atoms with van der Waals surface area (Å²) < 4.78 is 0. The quantitative estimate of drug-likeness (QED) is 0.163. The SMILES string of the molecule is CC(C)(C)c1ccc(N2c3ccc(C(C)(C)C)cc3B3c4ccccc4N(c4ccc(C(C)(C)C)cc4-c4ccccc4)c4cc(N5c6ccc(C(C)(C)C)cc6C6(C)CCC56C)cc2c43)cc1. The molecule has 4 aliphatic rings. The van der Waals surface area contributed by atoms with E-state index >= 15 is 0 Å². The van der Waals surface area contributed by atoms with Gasteiger partial charge in [-0.05, 0) is 146 Å². The maximum absolute atomic E-state index is 2.77. The molecule has 7 aromatic rings. The molecule has 1 saturated carbocycles. The fourth-order valence-electron chi connectivity index (χ4n) is 12.2. The zero-order chi connectivity index (χ0) is 48.1. The predicted molar refractivity (Wildman–Crippen MR) is 294 cm³/mol. The van der Waals surface area contributed by atoms with Gasteiger partial charge in [0.25, 0.3) is 6.71 Å². The van der Waals surface area contributed by atoms with Gasteiger partial charge in [-0.25, -0.2) is 0 Å². The van der Waals surface area contributed by atoms with Gasteiger partial charge >= 0.3 is 0 Å². The van der Waals surface area contributed by atoms with Crippen LogP contribution >= 0.6 is 0 Å². The Balaban J connectivity index is 1.26. The van der Waals surface area contributed by atoms with E-state index in [2.05, 4.69) is 257 Å². The molecule has 1 aliphatic carbocycles. The first kappa shape index (κ1) is 44.5. The number of nitrogens with zero attached hydrogens (tertiary/aromatic N) is 3. The summed E-state index contributed by atoms with van der Waals surface area (Å²) in [5.74, 6) is 0. The van der Waals surface area contributed by atoms with Gasteiger partial charge < -0.3 is 14.7 Å². The summed E-state index contributed by atoms with van der Waals surface area (Å²) in [5.41, 5.74) is 23.3. The Hall–Kier alpha value is -6.00. The number of hydrogen-bond acceptors (Lipinski definition) is 3. The minimum atomic E-state index is -0.0967. The largest absolute Gasteiger partial charge is 0.334 e. The molecule has 0 saturated heterocycles. The molecule has 0 N–H and O–H groups in total. The lowest BCUT2D eigenvalue weighted by atomic mass is 9.33. The average Bonchev–Trinajstić information content (AvgIpc) is 3.42. The number of hydrogen-bond donors (Lipinski definition) is 0.